The van der Waals surface area contributed by atoms with Gasteiger partial charge in [0.05, 0.1) is 36.4 Å². The second-order valence-corrected chi connectivity index (χ2v) is 9.34. The zero-order valence-electron chi connectivity index (χ0n) is 16.3. The maximum atomic E-state index is 13.6. The largest absolute Gasteiger partial charge is 0.394 e. The molecule has 0 aliphatic carbocycles. The van der Waals surface area contributed by atoms with E-state index in [1.54, 1.807) is 35.1 Å². The van der Waals surface area contributed by atoms with Gasteiger partial charge < -0.3 is 5.11 Å². The van der Waals surface area contributed by atoms with Crippen LogP contribution in [-0.4, -0.2) is 36.5 Å². The summed E-state index contributed by atoms with van der Waals surface area (Å²) >= 11 is 0. The van der Waals surface area contributed by atoms with Crippen molar-refractivity contribution in [3.05, 3.63) is 72.6 Å². The molecule has 0 saturated heterocycles. The number of hydrogen-bond acceptors (Lipinski definition) is 4. The van der Waals surface area contributed by atoms with Crippen LogP contribution in [0.4, 0.5) is 5.69 Å². The van der Waals surface area contributed by atoms with Crippen LogP contribution in [0.3, 0.4) is 0 Å². The van der Waals surface area contributed by atoms with E-state index in [4.69, 9.17) is 0 Å². The molecule has 1 N–H and O–H groups in total. The molecular weight excluding hydrogens is 374 g/mol. The van der Waals surface area contributed by atoms with Crippen LogP contribution in [0.2, 0.25) is 0 Å². The molecule has 0 aliphatic heterocycles. The highest BCUT2D eigenvalue weighted by molar-refractivity contribution is 7.92. The molecule has 148 valence electrons. The van der Waals surface area contributed by atoms with Gasteiger partial charge in [0.1, 0.15) is 4.90 Å². The molecule has 0 unspecified atom stereocenters. The van der Waals surface area contributed by atoms with Crippen molar-refractivity contribution in [3.63, 3.8) is 0 Å². The van der Waals surface area contributed by atoms with Crippen LogP contribution in [0.25, 0.3) is 5.69 Å². The van der Waals surface area contributed by atoms with Crippen LogP contribution in [0.1, 0.15) is 26.5 Å². The Kier molecular flexibility index (Phi) is 5.58. The third-order valence-electron chi connectivity index (χ3n) is 4.33. The standard InChI is InChI=1S/C21H25N3O3S/c1-21(2,3)20-19(16-23(22-20)17-10-6-4-7-11-17)28(26,27)24(14-15-25)18-12-8-5-9-13-18/h4-13,16,25H,14-15H2,1-3H3. The Labute approximate surface area is 166 Å². The number of benzene rings is 2. The quantitative estimate of drug-likeness (QED) is 0.690. The number of nitrogens with zero attached hydrogens (tertiary/aromatic N) is 3. The Morgan fingerprint density at radius 1 is 1.00 bits per heavy atom. The molecule has 1 aromatic heterocycles. The lowest BCUT2D eigenvalue weighted by Gasteiger charge is -2.25. The van der Waals surface area contributed by atoms with Gasteiger partial charge in [-0.1, -0.05) is 57.2 Å². The van der Waals surface area contributed by atoms with E-state index in [0.717, 1.165) is 5.69 Å². The second kappa shape index (κ2) is 7.77. The molecule has 6 nitrogen and oxygen atoms in total. The lowest BCUT2D eigenvalue weighted by molar-refractivity contribution is 0.306. The molecule has 7 heteroatoms. The normalized spacial score (nSPS) is 12.1. The SMILES string of the molecule is CC(C)(C)c1nn(-c2ccccc2)cc1S(=O)(=O)N(CCO)c1ccccc1. The number of para-hydroxylation sites is 2. The van der Waals surface area contributed by atoms with Gasteiger partial charge in [-0.25, -0.2) is 13.1 Å². The van der Waals surface area contributed by atoms with Crippen molar-refractivity contribution in [1.29, 1.82) is 0 Å². The molecular formula is C21H25N3O3S. The number of sulfonamides is 1. The molecule has 0 bridgehead atoms. The fourth-order valence-corrected chi connectivity index (χ4v) is 4.75. The minimum Gasteiger partial charge on any atom is -0.394 e. The number of hydrogen-bond donors (Lipinski definition) is 1. The van der Waals surface area contributed by atoms with Crippen LogP contribution in [0.15, 0.2) is 71.8 Å². The van der Waals surface area contributed by atoms with Gasteiger partial charge in [0, 0.05) is 5.41 Å². The van der Waals surface area contributed by atoms with Crippen molar-refractivity contribution < 1.29 is 13.5 Å². The molecule has 0 radical (unpaired) electrons. The summed E-state index contributed by atoms with van der Waals surface area (Å²) in [5.41, 5.74) is 1.28. The van der Waals surface area contributed by atoms with E-state index in [1.165, 1.54) is 4.31 Å². The number of rotatable bonds is 6. The van der Waals surface area contributed by atoms with Crippen molar-refractivity contribution in [2.45, 2.75) is 31.1 Å². The molecule has 0 amide bonds. The van der Waals surface area contributed by atoms with Crippen LogP contribution in [-0.2, 0) is 15.4 Å². The molecule has 0 spiro atoms. The summed E-state index contributed by atoms with van der Waals surface area (Å²) < 4.78 is 30.0. The summed E-state index contributed by atoms with van der Waals surface area (Å²) in [5, 5.41) is 14.1. The van der Waals surface area contributed by atoms with Crippen molar-refractivity contribution >= 4 is 15.7 Å². The van der Waals surface area contributed by atoms with E-state index in [-0.39, 0.29) is 18.0 Å². The summed E-state index contributed by atoms with van der Waals surface area (Å²) in [4.78, 5) is 0.140. The molecule has 0 saturated carbocycles. The molecule has 1 heterocycles. The van der Waals surface area contributed by atoms with Gasteiger partial charge in [-0.2, -0.15) is 5.10 Å². The topological polar surface area (TPSA) is 75.4 Å². The first kappa shape index (κ1) is 20.1. The minimum absolute atomic E-state index is 0.0353. The predicted molar refractivity (Wildman–Crippen MR) is 110 cm³/mol. The Bertz CT molecular complexity index is 1020. The van der Waals surface area contributed by atoms with Crippen LogP contribution in [0, 0.1) is 0 Å². The molecule has 3 rings (SSSR count). The van der Waals surface area contributed by atoms with Gasteiger partial charge >= 0.3 is 0 Å². The third kappa shape index (κ3) is 3.95. The molecule has 28 heavy (non-hydrogen) atoms. The smallest absolute Gasteiger partial charge is 0.267 e. The first-order valence-electron chi connectivity index (χ1n) is 9.09. The Hall–Kier alpha value is -2.64. The first-order chi connectivity index (χ1) is 13.2. The lowest BCUT2D eigenvalue weighted by Crippen LogP contribution is -2.34. The summed E-state index contributed by atoms with van der Waals surface area (Å²) in [6.45, 7) is 5.48. The molecule has 0 atom stereocenters. The summed E-state index contributed by atoms with van der Waals surface area (Å²) in [6.07, 6.45) is 1.55. The maximum Gasteiger partial charge on any atom is 0.267 e. The monoisotopic (exact) mass is 399 g/mol. The number of aliphatic hydroxyl groups is 1. The van der Waals surface area contributed by atoms with Gasteiger partial charge in [0.25, 0.3) is 10.0 Å². The van der Waals surface area contributed by atoms with Crippen molar-refractivity contribution in [2.24, 2.45) is 0 Å². The highest BCUT2D eigenvalue weighted by atomic mass is 32.2. The molecule has 3 aromatic rings. The maximum absolute atomic E-state index is 13.6. The van der Waals surface area contributed by atoms with Gasteiger partial charge in [0.2, 0.25) is 0 Å². The Balaban J connectivity index is 2.18. The number of anilines is 1. The Morgan fingerprint density at radius 3 is 2.11 bits per heavy atom. The van der Waals surface area contributed by atoms with Gasteiger partial charge in [-0.15, -0.1) is 0 Å². The highest BCUT2D eigenvalue weighted by Crippen LogP contribution is 2.32. The summed E-state index contributed by atoms with van der Waals surface area (Å²) in [6, 6.07) is 18.2. The predicted octanol–water partition coefficient (Wildman–Crippen LogP) is 3.36. The van der Waals surface area contributed by atoms with E-state index < -0.39 is 15.4 Å². The van der Waals surface area contributed by atoms with E-state index in [0.29, 0.717) is 11.4 Å². The summed E-state index contributed by atoms with van der Waals surface area (Å²) in [7, 11) is -3.93. The van der Waals surface area contributed by atoms with Crippen molar-refractivity contribution in [1.82, 2.24) is 9.78 Å². The van der Waals surface area contributed by atoms with Crippen molar-refractivity contribution in [2.75, 3.05) is 17.5 Å². The zero-order chi connectivity index (χ0) is 20.4. The van der Waals surface area contributed by atoms with Crippen LogP contribution < -0.4 is 4.31 Å². The van der Waals surface area contributed by atoms with Crippen LogP contribution in [0.5, 0.6) is 0 Å². The van der Waals surface area contributed by atoms with E-state index in [1.807, 2.05) is 57.2 Å². The van der Waals surface area contributed by atoms with Crippen LogP contribution >= 0.6 is 0 Å². The second-order valence-electron chi connectivity index (χ2n) is 7.51. The molecule has 0 aliphatic rings. The number of aromatic nitrogens is 2. The van der Waals surface area contributed by atoms with Crippen molar-refractivity contribution in [3.8, 4) is 5.69 Å². The fraction of sp³-hybridized carbons (Fsp3) is 0.286. The average Bonchev–Trinajstić information content (AvgIpc) is 3.14. The minimum atomic E-state index is -3.93. The first-order valence-corrected chi connectivity index (χ1v) is 10.5. The Morgan fingerprint density at radius 2 is 1.57 bits per heavy atom. The molecule has 0 fully saturated rings. The molecule has 2 aromatic carbocycles. The van der Waals surface area contributed by atoms with E-state index >= 15 is 0 Å². The number of aliphatic hydroxyl groups excluding tert-OH is 1. The fourth-order valence-electron chi connectivity index (χ4n) is 2.97. The lowest BCUT2D eigenvalue weighted by atomic mass is 9.92. The zero-order valence-corrected chi connectivity index (χ0v) is 17.1. The van der Waals surface area contributed by atoms with E-state index in [2.05, 4.69) is 5.10 Å². The summed E-state index contributed by atoms with van der Waals surface area (Å²) in [5.74, 6) is 0. The van der Waals surface area contributed by atoms with Gasteiger partial charge in [-0.3, -0.25) is 4.31 Å². The van der Waals surface area contributed by atoms with Gasteiger partial charge in [0.15, 0.2) is 0 Å². The van der Waals surface area contributed by atoms with E-state index in [9.17, 15) is 13.5 Å². The third-order valence-corrected chi connectivity index (χ3v) is 6.16. The average molecular weight is 400 g/mol. The van der Waals surface area contributed by atoms with Gasteiger partial charge in [-0.05, 0) is 24.3 Å². The highest BCUT2D eigenvalue weighted by Gasteiger charge is 2.34.